The van der Waals surface area contributed by atoms with Gasteiger partial charge < -0.3 is 10.1 Å². The van der Waals surface area contributed by atoms with Crippen molar-refractivity contribution in [1.82, 2.24) is 4.72 Å². The zero-order valence-corrected chi connectivity index (χ0v) is 16.1. The Morgan fingerprint density at radius 3 is 2.26 bits per heavy atom. The first-order chi connectivity index (χ1) is 12.7. The van der Waals surface area contributed by atoms with Gasteiger partial charge >= 0.3 is 5.97 Å². The van der Waals surface area contributed by atoms with E-state index in [2.05, 4.69) is 10.0 Å². The van der Waals surface area contributed by atoms with Crippen LogP contribution in [0.2, 0.25) is 0 Å². The smallest absolute Gasteiger partial charge is 0.338 e. The highest BCUT2D eigenvalue weighted by Gasteiger charge is 2.21. The number of ether oxygens (including phenoxy) is 1. The van der Waals surface area contributed by atoms with Crippen molar-refractivity contribution >= 4 is 27.6 Å². The normalized spacial score (nSPS) is 12.4. The number of hydrogen-bond donors (Lipinski definition) is 2. The third kappa shape index (κ3) is 5.90. The van der Waals surface area contributed by atoms with Crippen molar-refractivity contribution in [3.63, 3.8) is 0 Å². The van der Waals surface area contributed by atoms with Crippen LogP contribution < -0.4 is 10.0 Å². The van der Waals surface area contributed by atoms with Gasteiger partial charge in [-0.25, -0.2) is 17.9 Å². The summed E-state index contributed by atoms with van der Waals surface area (Å²) in [5.41, 5.74) is 0.624. The molecule has 0 aromatic heterocycles. The van der Waals surface area contributed by atoms with Gasteiger partial charge in [0.25, 0.3) is 5.91 Å². The van der Waals surface area contributed by atoms with Crippen molar-refractivity contribution in [2.45, 2.75) is 37.8 Å². The Balaban J connectivity index is 2.07. The van der Waals surface area contributed by atoms with E-state index in [0.717, 1.165) is 0 Å². The fraction of sp³-hybridized carbons (Fsp3) is 0.263. The Morgan fingerprint density at radius 2 is 1.63 bits per heavy atom. The van der Waals surface area contributed by atoms with Crippen LogP contribution in [0.5, 0.6) is 0 Å². The van der Waals surface area contributed by atoms with Crippen LogP contribution in [0.1, 0.15) is 31.1 Å². The van der Waals surface area contributed by atoms with Crippen molar-refractivity contribution in [1.29, 1.82) is 0 Å². The summed E-state index contributed by atoms with van der Waals surface area (Å²) < 4.78 is 32.0. The highest BCUT2D eigenvalue weighted by Crippen LogP contribution is 2.14. The number of hydrogen-bond acceptors (Lipinski definition) is 5. The van der Waals surface area contributed by atoms with Crippen LogP contribution in [0.15, 0.2) is 59.5 Å². The lowest BCUT2D eigenvalue weighted by Crippen LogP contribution is -2.31. The number of nitrogens with one attached hydrogen (secondary N) is 2. The second-order valence-electron chi connectivity index (χ2n) is 6.21. The van der Waals surface area contributed by atoms with Crippen molar-refractivity contribution in [3.8, 4) is 0 Å². The van der Waals surface area contributed by atoms with Crippen LogP contribution in [0.25, 0.3) is 0 Å². The van der Waals surface area contributed by atoms with Gasteiger partial charge in [0.05, 0.1) is 10.5 Å². The van der Waals surface area contributed by atoms with E-state index in [-0.39, 0.29) is 16.5 Å². The molecule has 0 radical (unpaired) electrons. The molecule has 0 aliphatic rings. The van der Waals surface area contributed by atoms with Crippen LogP contribution in [0, 0.1) is 0 Å². The number of carbonyl (C=O) groups is 2. The molecule has 27 heavy (non-hydrogen) atoms. The van der Waals surface area contributed by atoms with Gasteiger partial charge in [0.1, 0.15) is 0 Å². The van der Waals surface area contributed by atoms with E-state index < -0.39 is 28.0 Å². The molecule has 2 aromatic rings. The van der Waals surface area contributed by atoms with Crippen molar-refractivity contribution in [3.05, 3.63) is 60.2 Å². The topological polar surface area (TPSA) is 102 Å². The third-order valence-corrected chi connectivity index (χ3v) is 5.12. The molecule has 1 atom stereocenters. The maximum absolute atomic E-state index is 12.3. The largest absolute Gasteiger partial charge is 0.449 e. The van der Waals surface area contributed by atoms with Crippen LogP contribution >= 0.6 is 0 Å². The van der Waals surface area contributed by atoms with Gasteiger partial charge in [-0.05, 0) is 51.1 Å². The van der Waals surface area contributed by atoms with E-state index in [0.29, 0.717) is 5.69 Å². The van der Waals surface area contributed by atoms with Gasteiger partial charge in [-0.3, -0.25) is 4.79 Å². The maximum Gasteiger partial charge on any atom is 0.338 e. The van der Waals surface area contributed by atoms with Crippen molar-refractivity contribution in [2.24, 2.45) is 0 Å². The number of amides is 1. The fourth-order valence-electron chi connectivity index (χ4n) is 2.22. The summed E-state index contributed by atoms with van der Waals surface area (Å²) >= 11 is 0. The molecular weight excluding hydrogens is 368 g/mol. The van der Waals surface area contributed by atoms with Gasteiger partial charge in [0, 0.05) is 11.7 Å². The lowest BCUT2D eigenvalue weighted by Gasteiger charge is -2.14. The number of anilines is 1. The molecule has 0 heterocycles. The fourth-order valence-corrected chi connectivity index (χ4v) is 3.51. The Kier molecular flexibility index (Phi) is 6.70. The summed E-state index contributed by atoms with van der Waals surface area (Å²) in [7, 11) is -3.74. The predicted molar refractivity (Wildman–Crippen MR) is 102 cm³/mol. The van der Waals surface area contributed by atoms with Gasteiger partial charge in [-0.2, -0.15) is 0 Å². The molecule has 0 aliphatic heterocycles. The lowest BCUT2D eigenvalue weighted by molar-refractivity contribution is -0.123. The average molecular weight is 390 g/mol. The van der Waals surface area contributed by atoms with Crippen molar-refractivity contribution in [2.75, 3.05) is 5.32 Å². The van der Waals surface area contributed by atoms with Gasteiger partial charge in [0.2, 0.25) is 10.0 Å². The Bertz CT molecular complexity index is 911. The van der Waals surface area contributed by atoms with Crippen LogP contribution in [0.3, 0.4) is 0 Å². The van der Waals surface area contributed by atoms with Gasteiger partial charge in [0.15, 0.2) is 6.10 Å². The molecule has 144 valence electrons. The van der Waals surface area contributed by atoms with Gasteiger partial charge in [-0.15, -0.1) is 0 Å². The number of carbonyl (C=O) groups excluding carboxylic acids is 2. The standard InChI is InChI=1S/C19H22N2O5S/c1-13(2)21-27(24,25)17-11-7-8-15(12-17)19(23)26-14(3)18(22)20-16-9-5-4-6-10-16/h4-14,21H,1-3H3,(H,20,22)/t14-/m0/s1. The van der Waals surface area contributed by atoms with Crippen LogP contribution in [-0.2, 0) is 19.6 Å². The summed E-state index contributed by atoms with van der Waals surface area (Å²) in [5.74, 6) is -1.27. The molecule has 0 saturated heterocycles. The molecular formula is C19H22N2O5S. The molecule has 0 fully saturated rings. The maximum atomic E-state index is 12.3. The molecule has 2 N–H and O–H groups in total. The number of para-hydroxylation sites is 1. The zero-order chi connectivity index (χ0) is 20.0. The number of benzene rings is 2. The molecule has 0 unspecified atom stereocenters. The lowest BCUT2D eigenvalue weighted by atomic mass is 10.2. The van der Waals surface area contributed by atoms with Crippen molar-refractivity contribution < 1.29 is 22.7 Å². The number of rotatable bonds is 7. The quantitative estimate of drug-likeness (QED) is 0.708. The third-order valence-electron chi connectivity index (χ3n) is 3.47. The second-order valence-corrected chi connectivity index (χ2v) is 7.92. The molecule has 1 amide bonds. The first kappa shape index (κ1) is 20.6. The summed E-state index contributed by atoms with van der Waals surface area (Å²) in [6, 6.07) is 14.0. The number of esters is 1. The predicted octanol–water partition coefficient (Wildman–Crippen LogP) is 2.56. The van der Waals surface area contributed by atoms with E-state index in [1.165, 1.54) is 31.2 Å². The Labute approximate surface area is 158 Å². The molecule has 7 nitrogen and oxygen atoms in total. The van der Waals surface area contributed by atoms with Crippen LogP contribution in [-0.4, -0.2) is 32.4 Å². The molecule has 0 spiro atoms. The minimum Gasteiger partial charge on any atom is -0.449 e. The van der Waals surface area contributed by atoms with E-state index in [1.54, 1.807) is 38.1 Å². The minimum absolute atomic E-state index is 0.0426. The zero-order valence-electron chi connectivity index (χ0n) is 15.3. The summed E-state index contributed by atoms with van der Waals surface area (Å²) in [5, 5.41) is 2.63. The first-order valence-electron chi connectivity index (χ1n) is 8.38. The molecule has 0 bridgehead atoms. The van der Waals surface area contributed by atoms with Crippen LogP contribution in [0.4, 0.5) is 5.69 Å². The SMILES string of the molecule is CC(C)NS(=O)(=O)c1cccc(C(=O)O[C@@H](C)C(=O)Nc2ccccc2)c1. The second kappa shape index (κ2) is 8.79. The average Bonchev–Trinajstić information content (AvgIpc) is 2.61. The van der Waals surface area contributed by atoms with Gasteiger partial charge in [-0.1, -0.05) is 24.3 Å². The number of sulfonamides is 1. The first-order valence-corrected chi connectivity index (χ1v) is 9.86. The minimum atomic E-state index is -3.74. The molecule has 0 saturated carbocycles. The van der Waals surface area contributed by atoms with E-state index >= 15 is 0 Å². The highest BCUT2D eigenvalue weighted by atomic mass is 32.2. The van der Waals surface area contributed by atoms with E-state index in [9.17, 15) is 18.0 Å². The summed E-state index contributed by atoms with van der Waals surface area (Å²) in [4.78, 5) is 24.4. The Hall–Kier alpha value is -2.71. The monoisotopic (exact) mass is 390 g/mol. The summed E-state index contributed by atoms with van der Waals surface area (Å²) in [6.45, 7) is 4.84. The molecule has 0 aliphatic carbocycles. The van der Waals surface area contributed by atoms with E-state index in [4.69, 9.17) is 4.74 Å². The molecule has 2 rings (SSSR count). The summed E-state index contributed by atoms with van der Waals surface area (Å²) in [6.07, 6.45) is -1.05. The van der Waals surface area contributed by atoms with E-state index in [1.807, 2.05) is 6.07 Å². The molecule has 2 aromatic carbocycles. The highest BCUT2D eigenvalue weighted by molar-refractivity contribution is 7.89. The molecule has 8 heteroatoms. The Morgan fingerprint density at radius 1 is 0.963 bits per heavy atom.